The zero-order valence-corrected chi connectivity index (χ0v) is 8.67. The summed E-state index contributed by atoms with van der Waals surface area (Å²) in [5, 5.41) is 5.71. The molecule has 1 amide bonds. The number of para-hydroxylation sites is 1. The second-order valence-electron chi connectivity index (χ2n) is 3.87. The summed E-state index contributed by atoms with van der Waals surface area (Å²) in [5.41, 5.74) is 0.888. The van der Waals surface area contributed by atoms with Crippen molar-refractivity contribution in [3.63, 3.8) is 0 Å². The molecule has 0 aromatic heterocycles. The highest BCUT2D eigenvalue weighted by atomic mass is 19.1. The Labute approximate surface area is 87.7 Å². The maximum atomic E-state index is 13.4. The normalized spacial score (nSPS) is 24.9. The topological polar surface area (TPSA) is 41.1 Å². The first-order valence-electron chi connectivity index (χ1n) is 4.95. The van der Waals surface area contributed by atoms with Crippen molar-refractivity contribution in [2.45, 2.75) is 19.9 Å². The van der Waals surface area contributed by atoms with E-state index in [1.165, 1.54) is 6.07 Å². The minimum atomic E-state index is -0.408. The van der Waals surface area contributed by atoms with Crippen LogP contribution in [0.1, 0.15) is 13.8 Å². The highest BCUT2D eigenvalue weighted by Crippen LogP contribution is 2.29. The van der Waals surface area contributed by atoms with Crippen molar-refractivity contribution in [3.8, 4) is 0 Å². The summed E-state index contributed by atoms with van der Waals surface area (Å²) in [6.07, 6.45) is 0. The van der Waals surface area contributed by atoms with Crippen LogP contribution < -0.4 is 10.6 Å². The lowest BCUT2D eigenvalue weighted by Gasteiger charge is -2.16. The highest BCUT2D eigenvalue weighted by Gasteiger charge is 2.26. The quantitative estimate of drug-likeness (QED) is 0.686. The average molecular weight is 208 g/mol. The molecule has 1 aliphatic heterocycles. The van der Waals surface area contributed by atoms with Gasteiger partial charge < -0.3 is 10.6 Å². The third kappa shape index (κ3) is 1.67. The van der Waals surface area contributed by atoms with Crippen molar-refractivity contribution in [1.82, 2.24) is 0 Å². The van der Waals surface area contributed by atoms with Gasteiger partial charge in [-0.25, -0.2) is 4.39 Å². The lowest BCUT2D eigenvalue weighted by Crippen LogP contribution is -2.30. The molecular formula is C11H13FN2O. The maximum absolute atomic E-state index is 13.4. The number of anilines is 2. The number of hydrogen-bond donors (Lipinski definition) is 2. The number of rotatable bonds is 0. The molecule has 2 rings (SSSR count). The highest BCUT2D eigenvalue weighted by molar-refractivity contribution is 5.97. The number of hydrogen-bond acceptors (Lipinski definition) is 2. The fourth-order valence-electron chi connectivity index (χ4n) is 1.61. The minimum Gasteiger partial charge on any atom is -0.380 e. The Morgan fingerprint density at radius 3 is 2.80 bits per heavy atom. The van der Waals surface area contributed by atoms with Crippen LogP contribution in [0.25, 0.3) is 0 Å². The first-order chi connectivity index (χ1) is 7.09. The van der Waals surface area contributed by atoms with Gasteiger partial charge >= 0.3 is 0 Å². The van der Waals surface area contributed by atoms with E-state index >= 15 is 0 Å². The van der Waals surface area contributed by atoms with Crippen LogP contribution in [0.4, 0.5) is 15.8 Å². The SMILES string of the molecule is CC1Nc2cccc(F)c2NC(=O)C1C. The zero-order valence-electron chi connectivity index (χ0n) is 8.67. The van der Waals surface area contributed by atoms with Gasteiger partial charge in [-0.15, -0.1) is 0 Å². The summed E-state index contributed by atoms with van der Waals surface area (Å²) in [4.78, 5) is 11.6. The molecule has 0 fully saturated rings. The summed E-state index contributed by atoms with van der Waals surface area (Å²) in [7, 11) is 0. The molecule has 1 aromatic carbocycles. The third-order valence-corrected chi connectivity index (χ3v) is 2.81. The molecule has 3 nitrogen and oxygen atoms in total. The van der Waals surface area contributed by atoms with Gasteiger partial charge in [0.15, 0.2) is 0 Å². The van der Waals surface area contributed by atoms with Crippen molar-refractivity contribution in [1.29, 1.82) is 0 Å². The van der Waals surface area contributed by atoms with Crippen molar-refractivity contribution in [2.75, 3.05) is 10.6 Å². The number of carbonyl (C=O) groups excluding carboxylic acids is 1. The van der Waals surface area contributed by atoms with Crippen molar-refractivity contribution in [3.05, 3.63) is 24.0 Å². The van der Waals surface area contributed by atoms with Gasteiger partial charge in [-0.3, -0.25) is 4.79 Å². The molecular weight excluding hydrogens is 195 g/mol. The lowest BCUT2D eigenvalue weighted by molar-refractivity contribution is -0.119. The van der Waals surface area contributed by atoms with E-state index in [0.29, 0.717) is 5.69 Å². The van der Waals surface area contributed by atoms with E-state index in [1.807, 2.05) is 13.8 Å². The van der Waals surface area contributed by atoms with Crippen LogP contribution in [-0.2, 0) is 4.79 Å². The maximum Gasteiger partial charge on any atom is 0.229 e. The van der Waals surface area contributed by atoms with Gasteiger partial charge in [0.2, 0.25) is 5.91 Å². The molecule has 2 unspecified atom stereocenters. The molecule has 2 N–H and O–H groups in total. The van der Waals surface area contributed by atoms with Gasteiger partial charge in [-0.1, -0.05) is 13.0 Å². The second kappa shape index (κ2) is 3.53. The number of nitrogens with one attached hydrogen (secondary N) is 2. The monoisotopic (exact) mass is 208 g/mol. The van der Waals surface area contributed by atoms with E-state index < -0.39 is 5.82 Å². The lowest BCUT2D eigenvalue weighted by atomic mass is 10.0. The first kappa shape index (κ1) is 9.96. The Kier molecular flexibility index (Phi) is 2.34. The largest absolute Gasteiger partial charge is 0.380 e. The molecule has 80 valence electrons. The Balaban J connectivity index is 2.47. The average Bonchev–Trinajstić information content (AvgIpc) is 2.30. The van der Waals surface area contributed by atoms with Gasteiger partial charge in [0.1, 0.15) is 11.5 Å². The second-order valence-corrected chi connectivity index (χ2v) is 3.87. The fourth-order valence-corrected chi connectivity index (χ4v) is 1.61. The number of amides is 1. The number of benzene rings is 1. The van der Waals surface area contributed by atoms with Crippen LogP contribution in [0, 0.1) is 11.7 Å². The molecule has 1 aliphatic rings. The van der Waals surface area contributed by atoms with Crippen LogP contribution >= 0.6 is 0 Å². The number of halogens is 1. The zero-order chi connectivity index (χ0) is 11.0. The standard InChI is InChI=1S/C11H13FN2O/c1-6-7(2)13-9-5-3-4-8(12)10(9)14-11(6)15/h3-7,13H,1-2H3,(H,14,15). The Morgan fingerprint density at radius 1 is 1.33 bits per heavy atom. The van der Waals surface area contributed by atoms with Gasteiger partial charge in [0.05, 0.1) is 11.6 Å². The first-order valence-corrected chi connectivity index (χ1v) is 4.95. The molecule has 1 aromatic rings. The Bertz CT molecular complexity index is 406. The number of carbonyl (C=O) groups is 1. The van der Waals surface area contributed by atoms with E-state index in [4.69, 9.17) is 0 Å². The molecule has 0 bridgehead atoms. The van der Waals surface area contributed by atoms with Crippen LogP contribution in [0.2, 0.25) is 0 Å². The summed E-state index contributed by atoms with van der Waals surface area (Å²) in [6.45, 7) is 3.72. The van der Waals surface area contributed by atoms with Crippen molar-refractivity contribution >= 4 is 17.3 Å². The van der Waals surface area contributed by atoms with Crippen molar-refractivity contribution < 1.29 is 9.18 Å². The predicted octanol–water partition coefficient (Wildman–Crippen LogP) is 2.21. The molecule has 0 radical (unpaired) electrons. The summed E-state index contributed by atoms with van der Waals surface area (Å²) in [6, 6.07) is 4.71. The Hall–Kier alpha value is -1.58. The van der Waals surface area contributed by atoms with Gasteiger partial charge in [-0.2, -0.15) is 0 Å². The molecule has 0 saturated carbocycles. The van der Waals surface area contributed by atoms with E-state index in [-0.39, 0.29) is 23.6 Å². The van der Waals surface area contributed by atoms with Crippen LogP contribution in [0.5, 0.6) is 0 Å². The summed E-state index contributed by atoms with van der Waals surface area (Å²) >= 11 is 0. The molecule has 4 heteroatoms. The van der Waals surface area contributed by atoms with Crippen molar-refractivity contribution in [2.24, 2.45) is 5.92 Å². The molecule has 0 aliphatic carbocycles. The van der Waals surface area contributed by atoms with Gasteiger partial charge in [0, 0.05) is 6.04 Å². The third-order valence-electron chi connectivity index (χ3n) is 2.81. The van der Waals surface area contributed by atoms with Crippen LogP contribution in [-0.4, -0.2) is 11.9 Å². The fraction of sp³-hybridized carbons (Fsp3) is 0.364. The smallest absolute Gasteiger partial charge is 0.229 e. The molecule has 0 spiro atoms. The molecule has 2 atom stereocenters. The molecule has 0 saturated heterocycles. The van der Waals surface area contributed by atoms with E-state index in [2.05, 4.69) is 10.6 Å². The number of fused-ring (bicyclic) bond motifs is 1. The van der Waals surface area contributed by atoms with E-state index in [0.717, 1.165) is 0 Å². The van der Waals surface area contributed by atoms with Gasteiger partial charge in [0.25, 0.3) is 0 Å². The molecule has 15 heavy (non-hydrogen) atoms. The van der Waals surface area contributed by atoms with E-state index in [9.17, 15) is 9.18 Å². The van der Waals surface area contributed by atoms with Gasteiger partial charge in [-0.05, 0) is 19.1 Å². The predicted molar refractivity (Wildman–Crippen MR) is 57.3 cm³/mol. The Morgan fingerprint density at radius 2 is 2.07 bits per heavy atom. The minimum absolute atomic E-state index is 0.00644. The molecule has 1 heterocycles. The van der Waals surface area contributed by atoms with E-state index in [1.54, 1.807) is 12.1 Å². The summed E-state index contributed by atoms with van der Waals surface area (Å²) in [5.74, 6) is -0.745. The van der Waals surface area contributed by atoms with Crippen LogP contribution in [0.15, 0.2) is 18.2 Å². The summed E-state index contributed by atoms with van der Waals surface area (Å²) < 4.78 is 13.4. The van der Waals surface area contributed by atoms with Crippen LogP contribution in [0.3, 0.4) is 0 Å².